The number of rotatable bonds is 6. The third kappa shape index (κ3) is 5.95. The van der Waals surface area contributed by atoms with Crippen LogP contribution in [0.1, 0.15) is 20.8 Å². The molecular weight excluding hydrogens is 392 g/mol. The number of carbonyl (C=O) groups excluding carboxylic acids is 2. The van der Waals surface area contributed by atoms with Gasteiger partial charge in [0.25, 0.3) is 5.56 Å². The summed E-state index contributed by atoms with van der Waals surface area (Å²) in [5.74, 6) is -0.647. The van der Waals surface area contributed by atoms with Gasteiger partial charge in [-0.15, -0.1) is 0 Å². The van der Waals surface area contributed by atoms with Gasteiger partial charge in [0.1, 0.15) is 0 Å². The van der Waals surface area contributed by atoms with E-state index in [1.807, 2.05) is 0 Å². The molecule has 3 N–H and O–H groups in total. The maximum atomic E-state index is 12.7. The van der Waals surface area contributed by atoms with Crippen LogP contribution in [-0.2, 0) is 11.3 Å². The lowest BCUT2D eigenvalue weighted by Crippen LogP contribution is -2.43. The number of aliphatic hydroxyl groups excluding tert-OH is 1. The molecular formula is C17H21ClN4O4S. The molecule has 1 heterocycles. The number of aliphatic hydroxyl groups is 1. The molecule has 0 unspecified atom stereocenters. The van der Waals surface area contributed by atoms with Gasteiger partial charge >= 0.3 is 6.03 Å². The molecule has 8 nitrogen and oxygen atoms in total. The van der Waals surface area contributed by atoms with Gasteiger partial charge in [-0.1, -0.05) is 23.4 Å². The summed E-state index contributed by atoms with van der Waals surface area (Å²) in [6.07, 6.45) is -0.778. The van der Waals surface area contributed by atoms with Crippen LogP contribution in [0, 0.1) is 0 Å². The van der Waals surface area contributed by atoms with E-state index in [4.69, 9.17) is 11.6 Å². The Kier molecular flexibility index (Phi) is 7.23. The Morgan fingerprint density at radius 1 is 1.33 bits per heavy atom. The summed E-state index contributed by atoms with van der Waals surface area (Å²) in [6.45, 7) is 5.13. The number of imide groups is 1. The second kappa shape index (κ2) is 9.20. The highest BCUT2D eigenvalue weighted by Crippen LogP contribution is 2.20. The van der Waals surface area contributed by atoms with Crippen LogP contribution in [0.3, 0.4) is 0 Å². The number of hydrogen-bond donors (Lipinski definition) is 3. The van der Waals surface area contributed by atoms with Crippen LogP contribution in [0.4, 0.5) is 4.79 Å². The van der Waals surface area contributed by atoms with Crippen LogP contribution in [0.15, 0.2) is 28.2 Å². The number of urea groups is 1. The smallest absolute Gasteiger partial charge is 0.321 e. The molecule has 0 spiro atoms. The third-order valence-electron chi connectivity index (χ3n) is 3.33. The molecule has 0 fully saturated rings. The van der Waals surface area contributed by atoms with Gasteiger partial charge in [0.2, 0.25) is 5.91 Å². The fourth-order valence-corrected chi connectivity index (χ4v) is 3.28. The monoisotopic (exact) mass is 412 g/mol. The quantitative estimate of drug-likeness (QED) is 0.492. The maximum Gasteiger partial charge on any atom is 0.321 e. The van der Waals surface area contributed by atoms with Crippen molar-refractivity contribution in [1.82, 2.24) is 20.2 Å². The summed E-state index contributed by atoms with van der Waals surface area (Å²) in [4.78, 5) is 40.7. The molecule has 1 aromatic carbocycles. The number of halogens is 1. The number of fused-ring (bicyclic) bond motifs is 1. The van der Waals surface area contributed by atoms with E-state index in [-0.39, 0.29) is 29.1 Å². The summed E-state index contributed by atoms with van der Waals surface area (Å²) >= 11 is 6.97. The summed E-state index contributed by atoms with van der Waals surface area (Å²) in [5.41, 5.74) is 0.0628. The lowest BCUT2D eigenvalue weighted by Gasteiger charge is -2.14. The van der Waals surface area contributed by atoms with Gasteiger partial charge in [-0.3, -0.25) is 19.5 Å². The zero-order valence-corrected chi connectivity index (χ0v) is 16.7. The molecule has 0 saturated heterocycles. The van der Waals surface area contributed by atoms with Crippen molar-refractivity contribution in [3.8, 4) is 0 Å². The number of nitrogens with one attached hydrogen (secondary N) is 2. The molecule has 0 aliphatic carbocycles. The number of thioether (sulfide) groups is 1. The number of nitrogens with zero attached hydrogens (tertiary/aromatic N) is 2. The lowest BCUT2D eigenvalue weighted by molar-refractivity contribution is -0.117. The Morgan fingerprint density at radius 3 is 2.67 bits per heavy atom. The first-order chi connectivity index (χ1) is 12.7. The Morgan fingerprint density at radius 2 is 2.04 bits per heavy atom. The van der Waals surface area contributed by atoms with Crippen molar-refractivity contribution < 1.29 is 14.7 Å². The van der Waals surface area contributed by atoms with E-state index < -0.39 is 18.0 Å². The van der Waals surface area contributed by atoms with Crippen LogP contribution >= 0.6 is 23.4 Å². The van der Waals surface area contributed by atoms with Crippen LogP contribution in [0.25, 0.3) is 10.9 Å². The predicted molar refractivity (Wildman–Crippen MR) is 105 cm³/mol. The first-order valence-electron chi connectivity index (χ1n) is 8.28. The second-order valence-electron chi connectivity index (χ2n) is 6.29. The van der Waals surface area contributed by atoms with Crippen molar-refractivity contribution in [2.24, 2.45) is 0 Å². The van der Waals surface area contributed by atoms with Gasteiger partial charge in [-0.05, 0) is 39.0 Å². The second-order valence-corrected chi connectivity index (χ2v) is 7.66. The van der Waals surface area contributed by atoms with E-state index in [1.165, 1.54) is 4.57 Å². The predicted octanol–water partition coefficient (Wildman–Crippen LogP) is 1.76. The number of hydrogen-bond acceptors (Lipinski definition) is 6. The normalized spacial score (nSPS) is 12.2. The molecule has 0 aliphatic heterocycles. The molecule has 0 radical (unpaired) electrons. The van der Waals surface area contributed by atoms with E-state index >= 15 is 0 Å². The van der Waals surface area contributed by atoms with Gasteiger partial charge in [-0.2, -0.15) is 0 Å². The molecule has 0 aliphatic rings. The van der Waals surface area contributed by atoms with Crippen LogP contribution in [0.5, 0.6) is 0 Å². The van der Waals surface area contributed by atoms with Crippen LogP contribution in [0.2, 0.25) is 5.02 Å². The van der Waals surface area contributed by atoms with Gasteiger partial charge in [-0.25, -0.2) is 9.78 Å². The largest absolute Gasteiger partial charge is 0.392 e. The summed E-state index contributed by atoms with van der Waals surface area (Å²) < 4.78 is 1.31. The Balaban J connectivity index is 2.26. The van der Waals surface area contributed by atoms with Crippen molar-refractivity contribution in [1.29, 1.82) is 0 Å². The highest BCUT2D eigenvalue weighted by atomic mass is 35.5. The van der Waals surface area contributed by atoms with E-state index in [1.54, 1.807) is 39.0 Å². The maximum absolute atomic E-state index is 12.7. The standard InChI is InChI=1S/C17H21ClN4O4S/c1-9(2)19-16(26)21-14(24)8-27-17-20-13-6-11(18)4-5-12(13)15(25)22(17)7-10(3)23/h4-6,9-10,23H,7-8H2,1-3H3,(H2,19,21,24,26)/t10-/m0/s1. The fourth-order valence-electron chi connectivity index (χ4n) is 2.30. The van der Waals surface area contributed by atoms with Crippen molar-refractivity contribution in [2.45, 2.75) is 44.6 Å². The van der Waals surface area contributed by atoms with Crippen molar-refractivity contribution >= 4 is 46.2 Å². The van der Waals surface area contributed by atoms with E-state index in [0.717, 1.165) is 11.8 Å². The molecule has 1 atom stereocenters. The summed E-state index contributed by atoms with van der Waals surface area (Å²) in [5, 5.41) is 15.5. The molecule has 2 rings (SSSR count). The van der Waals surface area contributed by atoms with E-state index in [2.05, 4.69) is 15.6 Å². The Labute approximate surface area is 165 Å². The molecule has 0 saturated carbocycles. The van der Waals surface area contributed by atoms with E-state index in [9.17, 15) is 19.5 Å². The lowest BCUT2D eigenvalue weighted by atomic mass is 10.2. The number of benzene rings is 1. The van der Waals surface area contributed by atoms with Gasteiger partial charge in [0, 0.05) is 11.1 Å². The number of aromatic nitrogens is 2. The minimum atomic E-state index is -0.778. The highest BCUT2D eigenvalue weighted by Gasteiger charge is 2.16. The molecule has 146 valence electrons. The van der Waals surface area contributed by atoms with Crippen molar-refractivity contribution in [2.75, 3.05) is 5.75 Å². The molecule has 3 amide bonds. The minimum Gasteiger partial charge on any atom is -0.392 e. The SMILES string of the molecule is CC(C)NC(=O)NC(=O)CSc1nc2cc(Cl)ccc2c(=O)n1C[C@H](C)O. The molecule has 2 aromatic rings. The molecule has 10 heteroatoms. The van der Waals surface area contributed by atoms with Crippen molar-refractivity contribution in [3.63, 3.8) is 0 Å². The first-order valence-corrected chi connectivity index (χ1v) is 9.65. The average molecular weight is 413 g/mol. The topological polar surface area (TPSA) is 113 Å². The fraction of sp³-hybridized carbons (Fsp3) is 0.412. The zero-order chi connectivity index (χ0) is 20.1. The van der Waals surface area contributed by atoms with Crippen molar-refractivity contribution in [3.05, 3.63) is 33.6 Å². The van der Waals surface area contributed by atoms with Crippen LogP contribution < -0.4 is 16.2 Å². The third-order valence-corrected chi connectivity index (χ3v) is 4.55. The van der Waals surface area contributed by atoms with Gasteiger partial charge in [0.05, 0.1) is 29.3 Å². The summed E-state index contributed by atoms with van der Waals surface area (Å²) in [7, 11) is 0. The highest BCUT2D eigenvalue weighted by molar-refractivity contribution is 7.99. The Hall–Kier alpha value is -2.10. The Bertz CT molecular complexity index is 914. The first kappa shape index (κ1) is 21.2. The minimum absolute atomic E-state index is 0.0299. The number of carbonyl (C=O) groups is 2. The zero-order valence-electron chi connectivity index (χ0n) is 15.2. The van der Waals surface area contributed by atoms with Gasteiger partial charge < -0.3 is 10.4 Å². The van der Waals surface area contributed by atoms with Gasteiger partial charge in [0.15, 0.2) is 5.16 Å². The summed E-state index contributed by atoms with van der Waals surface area (Å²) in [6, 6.07) is 4.03. The average Bonchev–Trinajstić information content (AvgIpc) is 2.54. The molecule has 0 bridgehead atoms. The van der Waals surface area contributed by atoms with Crippen LogP contribution in [-0.4, -0.2) is 44.5 Å². The van der Waals surface area contributed by atoms with E-state index in [0.29, 0.717) is 15.9 Å². The molecule has 27 heavy (non-hydrogen) atoms. The number of amides is 3. The molecule has 1 aromatic heterocycles.